The van der Waals surface area contributed by atoms with Crippen LogP contribution in [0.25, 0.3) is 0 Å². The topological polar surface area (TPSA) is 30.8 Å². The van der Waals surface area contributed by atoms with Crippen molar-refractivity contribution in [1.82, 2.24) is 0 Å². The Morgan fingerprint density at radius 3 is 2.35 bits per heavy atom. The normalized spacial score (nSPS) is 10.8. The number of ether oxygens (including phenoxy) is 2. The molecule has 2 aromatic carbocycles. The molecule has 2 rings (SSSR count). The summed E-state index contributed by atoms with van der Waals surface area (Å²) in [5, 5.41) is 0. The third-order valence-corrected chi connectivity index (χ3v) is 3.36. The molecule has 4 heteroatoms. The monoisotopic (exact) mass is 333 g/mol. The van der Waals surface area contributed by atoms with Gasteiger partial charge in [-0.15, -0.1) is 0 Å². The first-order valence-electron chi connectivity index (χ1n) is 6.19. The molecule has 0 saturated carbocycles. The SMILES string of the molecule is COc1ccc(CN=Cc2ccc(Br)cc2)cc1OC. The standard InChI is InChI=1S/C16H16BrNO2/c1-19-15-8-5-13(9-16(15)20-2)11-18-10-12-3-6-14(17)7-4-12/h3-10H,11H2,1-2H3. The molecule has 0 unspecified atom stereocenters. The van der Waals surface area contributed by atoms with Gasteiger partial charge in [0.15, 0.2) is 11.5 Å². The largest absolute Gasteiger partial charge is 0.493 e. The highest BCUT2D eigenvalue weighted by atomic mass is 79.9. The van der Waals surface area contributed by atoms with Crippen LogP contribution in [0.4, 0.5) is 0 Å². The average Bonchev–Trinajstić information content (AvgIpc) is 2.49. The zero-order chi connectivity index (χ0) is 14.4. The highest BCUT2D eigenvalue weighted by Crippen LogP contribution is 2.27. The summed E-state index contributed by atoms with van der Waals surface area (Å²) in [5.74, 6) is 1.46. The van der Waals surface area contributed by atoms with Gasteiger partial charge in [-0.3, -0.25) is 4.99 Å². The lowest BCUT2D eigenvalue weighted by Crippen LogP contribution is -1.92. The summed E-state index contributed by atoms with van der Waals surface area (Å²) >= 11 is 3.41. The van der Waals surface area contributed by atoms with Gasteiger partial charge in [0.25, 0.3) is 0 Å². The second kappa shape index (κ2) is 7.10. The van der Waals surface area contributed by atoms with Gasteiger partial charge in [0, 0.05) is 10.7 Å². The second-order valence-electron chi connectivity index (χ2n) is 4.21. The minimum atomic E-state index is 0.608. The Balaban J connectivity index is 2.05. The molecule has 0 N–H and O–H groups in total. The average molecular weight is 334 g/mol. The third kappa shape index (κ3) is 3.84. The molecule has 0 fully saturated rings. The fourth-order valence-corrected chi connectivity index (χ4v) is 2.05. The van der Waals surface area contributed by atoms with Crippen molar-refractivity contribution >= 4 is 22.1 Å². The van der Waals surface area contributed by atoms with Crippen LogP contribution in [0.1, 0.15) is 11.1 Å². The summed E-state index contributed by atoms with van der Waals surface area (Å²) in [6.45, 7) is 0.608. The van der Waals surface area contributed by atoms with Crippen LogP contribution in [0.3, 0.4) is 0 Å². The highest BCUT2D eigenvalue weighted by Gasteiger charge is 2.03. The number of rotatable bonds is 5. The fraction of sp³-hybridized carbons (Fsp3) is 0.188. The molecule has 0 radical (unpaired) electrons. The first-order valence-corrected chi connectivity index (χ1v) is 6.98. The van der Waals surface area contributed by atoms with E-state index in [9.17, 15) is 0 Å². The maximum atomic E-state index is 5.27. The van der Waals surface area contributed by atoms with Gasteiger partial charge in [-0.2, -0.15) is 0 Å². The van der Waals surface area contributed by atoms with E-state index in [1.165, 1.54) is 0 Å². The molecule has 0 amide bonds. The summed E-state index contributed by atoms with van der Waals surface area (Å²) < 4.78 is 11.5. The summed E-state index contributed by atoms with van der Waals surface area (Å²) in [5.41, 5.74) is 2.16. The van der Waals surface area contributed by atoms with Gasteiger partial charge in [-0.05, 0) is 35.4 Å². The van der Waals surface area contributed by atoms with Crippen LogP contribution >= 0.6 is 15.9 Å². The molecule has 3 nitrogen and oxygen atoms in total. The molecule has 2 aromatic rings. The number of hydrogen-bond donors (Lipinski definition) is 0. The number of benzene rings is 2. The molecule has 0 heterocycles. The Hall–Kier alpha value is -1.81. The number of halogens is 1. The minimum Gasteiger partial charge on any atom is -0.493 e. The van der Waals surface area contributed by atoms with Gasteiger partial charge in [-0.25, -0.2) is 0 Å². The van der Waals surface area contributed by atoms with Crippen LogP contribution in [0.15, 0.2) is 51.9 Å². The minimum absolute atomic E-state index is 0.608. The fourth-order valence-electron chi connectivity index (χ4n) is 1.78. The van der Waals surface area contributed by atoms with E-state index in [1.807, 2.05) is 48.7 Å². The van der Waals surface area contributed by atoms with Crippen LogP contribution in [0.5, 0.6) is 11.5 Å². The Morgan fingerprint density at radius 1 is 1.00 bits per heavy atom. The van der Waals surface area contributed by atoms with Gasteiger partial charge in [0.05, 0.1) is 20.8 Å². The third-order valence-electron chi connectivity index (χ3n) is 2.83. The molecule has 0 bridgehead atoms. The molecule has 0 spiro atoms. The van der Waals surface area contributed by atoms with Gasteiger partial charge in [-0.1, -0.05) is 34.1 Å². The van der Waals surface area contributed by atoms with Gasteiger partial charge in [0.1, 0.15) is 0 Å². The van der Waals surface area contributed by atoms with Crippen molar-refractivity contribution in [3.8, 4) is 11.5 Å². The van der Waals surface area contributed by atoms with Crippen LogP contribution in [-0.2, 0) is 6.54 Å². The molecule has 104 valence electrons. The molecular weight excluding hydrogens is 318 g/mol. The van der Waals surface area contributed by atoms with Crippen LogP contribution in [-0.4, -0.2) is 20.4 Å². The van der Waals surface area contributed by atoms with E-state index in [4.69, 9.17) is 9.47 Å². The van der Waals surface area contributed by atoms with Crippen LogP contribution in [0.2, 0.25) is 0 Å². The molecule has 0 atom stereocenters. The maximum Gasteiger partial charge on any atom is 0.161 e. The predicted molar refractivity (Wildman–Crippen MR) is 85.0 cm³/mol. The summed E-state index contributed by atoms with van der Waals surface area (Å²) in [6.07, 6.45) is 1.86. The molecule has 0 aliphatic heterocycles. The van der Waals surface area contributed by atoms with Gasteiger partial charge >= 0.3 is 0 Å². The second-order valence-corrected chi connectivity index (χ2v) is 5.13. The quantitative estimate of drug-likeness (QED) is 0.771. The van der Waals surface area contributed by atoms with E-state index in [1.54, 1.807) is 14.2 Å². The highest BCUT2D eigenvalue weighted by molar-refractivity contribution is 9.10. The Kier molecular flexibility index (Phi) is 5.18. The van der Waals surface area contributed by atoms with Crippen molar-refractivity contribution in [3.63, 3.8) is 0 Å². The summed E-state index contributed by atoms with van der Waals surface area (Å²) in [7, 11) is 3.26. The van der Waals surface area contributed by atoms with Crippen molar-refractivity contribution in [2.45, 2.75) is 6.54 Å². The van der Waals surface area contributed by atoms with E-state index in [2.05, 4.69) is 20.9 Å². The molecule has 20 heavy (non-hydrogen) atoms. The zero-order valence-electron chi connectivity index (χ0n) is 11.5. The van der Waals surface area contributed by atoms with Crippen molar-refractivity contribution < 1.29 is 9.47 Å². The maximum absolute atomic E-state index is 5.27. The van der Waals surface area contributed by atoms with E-state index >= 15 is 0 Å². The first kappa shape index (κ1) is 14.6. The number of aliphatic imine (C=N–C) groups is 1. The number of methoxy groups -OCH3 is 2. The lowest BCUT2D eigenvalue weighted by atomic mass is 10.2. The van der Waals surface area contributed by atoms with Crippen LogP contribution in [0, 0.1) is 0 Å². The van der Waals surface area contributed by atoms with E-state index in [0.29, 0.717) is 6.54 Å². The van der Waals surface area contributed by atoms with Crippen LogP contribution < -0.4 is 9.47 Å². The van der Waals surface area contributed by atoms with E-state index < -0.39 is 0 Å². The smallest absolute Gasteiger partial charge is 0.161 e. The van der Waals surface area contributed by atoms with Crippen molar-refractivity contribution in [3.05, 3.63) is 58.1 Å². The zero-order valence-corrected chi connectivity index (χ0v) is 13.1. The van der Waals surface area contributed by atoms with Gasteiger partial charge < -0.3 is 9.47 Å². The van der Waals surface area contributed by atoms with Gasteiger partial charge in [0.2, 0.25) is 0 Å². The Morgan fingerprint density at radius 2 is 1.70 bits per heavy atom. The number of nitrogens with zero attached hydrogens (tertiary/aromatic N) is 1. The molecule has 0 aliphatic rings. The lowest BCUT2D eigenvalue weighted by Gasteiger charge is -2.08. The molecule has 0 aliphatic carbocycles. The van der Waals surface area contributed by atoms with E-state index in [-0.39, 0.29) is 0 Å². The predicted octanol–water partition coefficient (Wildman–Crippen LogP) is 4.09. The number of hydrogen-bond acceptors (Lipinski definition) is 3. The summed E-state index contributed by atoms with van der Waals surface area (Å²) in [6, 6.07) is 13.8. The Labute approximate surface area is 127 Å². The molecule has 0 saturated heterocycles. The van der Waals surface area contributed by atoms with Crippen molar-refractivity contribution in [1.29, 1.82) is 0 Å². The van der Waals surface area contributed by atoms with Crippen molar-refractivity contribution in [2.24, 2.45) is 4.99 Å². The molecular formula is C16H16BrNO2. The summed E-state index contributed by atoms with van der Waals surface area (Å²) in [4.78, 5) is 4.44. The van der Waals surface area contributed by atoms with Crippen molar-refractivity contribution in [2.75, 3.05) is 14.2 Å². The Bertz CT molecular complexity index is 594. The van der Waals surface area contributed by atoms with E-state index in [0.717, 1.165) is 27.1 Å². The first-order chi connectivity index (χ1) is 9.72. The molecule has 0 aromatic heterocycles. The lowest BCUT2D eigenvalue weighted by molar-refractivity contribution is 0.354.